The van der Waals surface area contributed by atoms with Crippen LogP contribution in [0.25, 0.3) is 0 Å². The normalized spacial score (nSPS) is 22.7. The fourth-order valence-electron chi connectivity index (χ4n) is 2.85. The molecule has 0 radical (unpaired) electrons. The molecule has 1 rings (SSSR count). The van der Waals surface area contributed by atoms with E-state index in [0.717, 1.165) is 5.92 Å². The van der Waals surface area contributed by atoms with Crippen molar-refractivity contribution in [1.82, 2.24) is 10.2 Å². The van der Waals surface area contributed by atoms with Gasteiger partial charge in [-0.2, -0.15) is 0 Å². The topological polar surface area (TPSA) is 15.3 Å². The minimum absolute atomic E-state index is 0.454. The van der Waals surface area contributed by atoms with E-state index in [4.69, 9.17) is 0 Å². The first kappa shape index (κ1) is 14.0. The molecule has 0 aromatic heterocycles. The van der Waals surface area contributed by atoms with Gasteiger partial charge in [0.15, 0.2) is 0 Å². The summed E-state index contributed by atoms with van der Waals surface area (Å²) in [6.07, 6.45) is 5.39. The number of nitrogens with zero attached hydrogens (tertiary/aromatic N) is 1. The van der Waals surface area contributed by atoms with E-state index in [9.17, 15) is 0 Å². The third-order valence-electron chi connectivity index (χ3n) is 3.97. The summed E-state index contributed by atoms with van der Waals surface area (Å²) in [6.45, 7) is 12.1. The monoisotopic (exact) mass is 226 g/mol. The summed E-state index contributed by atoms with van der Waals surface area (Å²) in [5.41, 5.74) is 0.454. The Kier molecular flexibility index (Phi) is 5.77. The molecule has 1 unspecified atom stereocenters. The van der Waals surface area contributed by atoms with Gasteiger partial charge in [0.05, 0.1) is 0 Å². The number of nitrogens with one attached hydrogen (secondary N) is 1. The Morgan fingerprint density at radius 2 is 2.12 bits per heavy atom. The smallest absolute Gasteiger partial charge is 0.00328 e. The Hall–Kier alpha value is -0.0800. The van der Waals surface area contributed by atoms with Crippen LogP contribution in [-0.4, -0.2) is 38.1 Å². The van der Waals surface area contributed by atoms with Gasteiger partial charge in [-0.25, -0.2) is 0 Å². The Balaban J connectivity index is 2.36. The largest absolute Gasteiger partial charge is 0.316 e. The fourth-order valence-corrected chi connectivity index (χ4v) is 2.85. The SMILES string of the molecule is CCCCN(C)CC(C)(C)C1CCCNC1. The van der Waals surface area contributed by atoms with Crippen LogP contribution in [0.2, 0.25) is 0 Å². The van der Waals surface area contributed by atoms with Crippen molar-refractivity contribution in [3.05, 3.63) is 0 Å². The summed E-state index contributed by atoms with van der Waals surface area (Å²) in [6, 6.07) is 0. The lowest BCUT2D eigenvalue weighted by atomic mass is 9.74. The van der Waals surface area contributed by atoms with Gasteiger partial charge in [0.1, 0.15) is 0 Å². The Morgan fingerprint density at radius 1 is 1.38 bits per heavy atom. The van der Waals surface area contributed by atoms with Crippen molar-refractivity contribution in [3.8, 4) is 0 Å². The van der Waals surface area contributed by atoms with E-state index in [1.54, 1.807) is 0 Å². The van der Waals surface area contributed by atoms with Crippen molar-refractivity contribution in [3.63, 3.8) is 0 Å². The molecule has 1 N–H and O–H groups in total. The van der Waals surface area contributed by atoms with Crippen LogP contribution in [-0.2, 0) is 0 Å². The highest BCUT2D eigenvalue weighted by Crippen LogP contribution is 2.32. The molecule has 0 aromatic rings. The maximum absolute atomic E-state index is 3.54. The van der Waals surface area contributed by atoms with Crippen LogP contribution in [0.15, 0.2) is 0 Å². The number of hydrogen-bond acceptors (Lipinski definition) is 2. The van der Waals surface area contributed by atoms with E-state index in [1.807, 2.05) is 0 Å². The molecule has 0 bridgehead atoms. The van der Waals surface area contributed by atoms with Crippen LogP contribution in [0.3, 0.4) is 0 Å². The molecule has 2 nitrogen and oxygen atoms in total. The second-order valence-corrected chi connectivity index (χ2v) is 6.12. The molecule has 0 spiro atoms. The number of piperidine rings is 1. The first-order chi connectivity index (χ1) is 7.56. The van der Waals surface area contributed by atoms with Crippen molar-refractivity contribution in [2.45, 2.75) is 46.5 Å². The average Bonchev–Trinajstić information content (AvgIpc) is 2.27. The predicted molar refractivity (Wildman–Crippen MR) is 71.8 cm³/mol. The maximum Gasteiger partial charge on any atom is 0.00328 e. The van der Waals surface area contributed by atoms with Gasteiger partial charge in [-0.05, 0) is 57.3 Å². The van der Waals surface area contributed by atoms with E-state index in [2.05, 4.69) is 38.0 Å². The van der Waals surface area contributed by atoms with Crippen LogP contribution >= 0.6 is 0 Å². The van der Waals surface area contributed by atoms with Crippen molar-refractivity contribution in [2.24, 2.45) is 11.3 Å². The molecule has 1 saturated heterocycles. The molecule has 1 aliphatic heterocycles. The molecule has 0 aliphatic carbocycles. The maximum atomic E-state index is 3.54. The Labute approximate surface area is 102 Å². The first-order valence-electron chi connectivity index (χ1n) is 6.95. The van der Waals surface area contributed by atoms with E-state index < -0.39 is 0 Å². The van der Waals surface area contributed by atoms with Gasteiger partial charge in [0.2, 0.25) is 0 Å². The molecule has 1 aliphatic rings. The zero-order chi connectivity index (χ0) is 12.0. The van der Waals surface area contributed by atoms with Gasteiger partial charge in [0, 0.05) is 6.54 Å². The highest BCUT2D eigenvalue weighted by Gasteiger charge is 2.31. The molecule has 0 aromatic carbocycles. The summed E-state index contributed by atoms with van der Waals surface area (Å²) in [5.74, 6) is 0.852. The molecule has 0 amide bonds. The molecule has 16 heavy (non-hydrogen) atoms. The molecular weight excluding hydrogens is 196 g/mol. The van der Waals surface area contributed by atoms with E-state index in [0.29, 0.717) is 5.41 Å². The summed E-state index contributed by atoms with van der Waals surface area (Å²) >= 11 is 0. The van der Waals surface area contributed by atoms with Crippen molar-refractivity contribution < 1.29 is 0 Å². The van der Waals surface area contributed by atoms with Crippen LogP contribution < -0.4 is 5.32 Å². The molecule has 0 saturated carbocycles. The van der Waals surface area contributed by atoms with Crippen molar-refractivity contribution >= 4 is 0 Å². The molecule has 1 atom stereocenters. The zero-order valence-corrected chi connectivity index (χ0v) is 11.7. The molecule has 1 fully saturated rings. The lowest BCUT2D eigenvalue weighted by Gasteiger charge is -2.40. The summed E-state index contributed by atoms with van der Waals surface area (Å²) < 4.78 is 0. The minimum Gasteiger partial charge on any atom is -0.316 e. The quantitative estimate of drug-likeness (QED) is 0.749. The molecule has 1 heterocycles. The molecule has 2 heteroatoms. The fraction of sp³-hybridized carbons (Fsp3) is 1.00. The van der Waals surface area contributed by atoms with E-state index in [-0.39, 0.29) is 0 Å². The second kappa shape index (κ2) is 6.61. The molecule has 96 valence electrons. The first-order valence-corrected chi connectivity index (χ1v) is 6.95. The number of unbranched alkanes of at least 4 members (excludes halogenated alkanes) is 1. The molecular formula is C14H30N2. The van der Waals surface area contributed by atoms with E-state index >= 15 is 0 Å². The van der Waals surface area contributed by atoms with Gasteiger partial charge in [-0.1, -0.05) is 27.2 Å². The van der Waals surface area contributed by atoms with Crippen LogP contribution in [0, 0.1) is 11.3 Å². The summed E-state index contributed by atoms with van der Waals surface area (Å²) in [5, 5.41) is 3.54. The summed E-state index contributed by atoms with van der Waals surface area (Å²) in [7, 11) is 2.27. The van der Waals surface area contributed by atoms with Crippen LogP contribution in [0.4, 0.5) is 0 Å². The average molecular weight is 226 g/mol. The van der Waals surface area contributed by atoms with Crippen molar-refractivity contribution in [2.75, 3.05) is 33.2 Å². The predicted octanol–water partition coefficient (Wildman–Crippen LogP) is 2.74. The Morgan fingerprint density at radius 3 is 2.69 bits per heavy atom. The third-order valence-corrected chi connectivity index (χ3v) is 3.97. The summed E-state index contributed by atoms with van der Waals surface area (Å²) in [4.78, 5) is 2.51. The van der Waals surface area contributed by atoms with Gasteiger partial charge in [-0.15, -0.1) is 0 Å². The highest BCUT2D eigenvalue weighted by molar-refractivity contribution is 4.84. The lowest BCUT2D eigenvalue weighted by molar-refractivity contribution is 0.114. The van der Waals surface area contributed by atoms with Crippen LogP contribution in [0.1, 0.15) is 46.5 Å². The van der Waals surface area contributed by atoms with Gasteiger partial charge >= 0.3 is 0 Å². The van der Waals surface area contributed by atoms with Gasteiger partial charge < -0.3 is 10.2 Å². The lowest BCUT2D eigenvalue weighted by Crippen LogP contribution is -2.44. The second-order valence-electron chi connectivity index (χ2n) is 6.12. The van der Waals surface area contributed by atoms with Crippen LogP contribution in [0.5, 0.6) is 0 Å². The number of hydrogen-bond donors (Lipinski definition) is 1. The van der Waals surface area contributed by atoms with Crippen molar-refractivity contribution in [1.29, 1.82) is 0 Å². The number of rotatable bonds is 6. The zero-order valence-electron chi connectivity index (χ0n) is 11.7. The standard InChI is InChI=1S/C14H30N2/c1-5-6-10-16(4)12-14(2,3)13-8-7-9-15-11-13/h13,15H,5-12H2,1-4H3. The van der Waals surface area contributed by atoms with E-state index in [1.165, 1.54) is 51.9 Å². The Bertz CT molecular complexity index is 183. The third kappa shape index (κ3) is 4.42. The minimum atomic E-state index is 0.454. The van der Waals surface area contributed by atoms with Gasteiger partial charge in [0.25, 0.3) is 0 Å². The van der Waals surface area contributed by atoms with Gasteiger partial charge in [-0.3, -0.25) is 0 Å². The highest BCUT2D eigenvalue weighted by atomic mass is 15.1.